The third kappa shape index (κ3) is 48.9. The van der Waals surface area contributed by atoms with Crippen molar-refractivity contribution in [1.29, 1.82) is 0 Å². The Morgan fingerprint density at radius 2 is 0.708 bits per heavy atom. The second-order valence-corrected chi connectivity index (χ2v) is 24.2. The number of carbonyl (C=O) groups excluding carboxylic acids is 1. The summed E-state index contributed by atoms with van der Waals surface area (Å²) < 4.78 is 20.8. The molecule has 65 heavy (non-hydrogen) atoms. The van der Waals surface area contributed by atoms with Crippen LogP contribution in [0.1, 0.15) is 323 Å². The van der Waals surface area contributed by atoms with Crippen molar-refractivity contribution in [3.8, 4) is 0 Å². The highest BCUT2D eigenvalue weighted by Gasteiger charge is 2.41. The fourth-order valence-electron chi connectivity index (χ4n) is 9.23. The lowest BCUT2D eigenvalue weighted by Gasteiger charge is -2.32. The van der Waals surface area contributed by atoms with E-state index in [2.05, 4.69) is 40.1 Å². The molecule has 0 bridgehead atoms. The van der Waals surface area contributed by atoms with Gasteiger partial charge in [0, 0.05) is 37.5 Å². The van der Waals surface area contributed by atoms with Gasteiger partial charge in [-0.15, -0.1) is 0 Å². The van der Waals surface area contributed by atoms with Crippen LogP contribution in [0, 0.1) is 0 Å². The molecule has 0 aromatic carbocycles. The summed E-state index contributed by atoms with van der Waals surface area (Å²) in [7, 11) is -0.829. The SMILES string of the molecule is CCCCCCCCCCCCCCCCCCCCC(CO[Si](CCCSC(=O)CCCCCCCCCCC)(OCCCCCCCCCC)OCCCCCCCCCC)NC. The fraction of sp³-hybridized carbons (Fsp3) is 0.983. The molecule has 0 aliphatic carbocycles. The van der Waals surface area contributed by atoms with Crippen LogP contribution in [-0.2, 0) is 18.1 Å². The van der Waals surface area contributed by atoms with E-state index in [1.807, 2.05) is 0 Å². The molecule has 5 nitrogen and oxygen atoms in total. The first-order chi connectivity index (χ1) is 32.1. The number of rotatable bonds is 57. The summed E-state index contributed by atoms with van der Waals surface area (Å²) in [5.41, 5.74) is 0. The Labute approximate surface area is 414 Å². The van der Waals surface area contributed by atoms with Gasteiger partial charge in [-0.1, -0.05) is 296 Å². The maximum Gasteiger partial charge on any atom is 0.501 e. The van der Waals surface area contributed by atoms with E-state index in [-0.39, 0.29) is 0 Å². The maximum atomic E-state index is 12.9. The molecule has 1 atom stereocenters. The minimum absolute atomic E-state index is 0.314. The standard InChI is InChI=1S/C58H119NO4SSi/c1-6-10-14-18-22-26-27-28-29-30-31-32-33-34-36-37-41-45-50-57(59-5)56-63-65(61-52-47-43-39-24-20-16-12-8-3,62-53-48-44-40-25-21-17-13-9-4)55-49-54-64-58(60)51-46-42-38-35-23-19-15-11-7-2/h57,59H,6-56H2,1-5H3. The zero-order valence-corrected chi connectivity index (χ0v) is 47.0. The number of nitrogens with one attached hydrogen (secondary N) is 1. The zero-order valence-electron chi connectivity index (χ0n) is 45.2. The van der Waals surface area contributed by atoms with Crippen molar-refractivity contribution in [3.05, 3.63) is 0 Å². The number of carbonyl (C=O) groups is 1. The van der Waals surface area contributed by atoms with Crippen molar-refractivity contribution in [2.45, 2.75) is 335 Å². The third-order valence-electron chi connectivity index (χ3n) is 13.8. The lowest BCUT2D eigenvalue weighted by Crippen LogP contribution is -2.49. The van der Waals surface area contributed by atoms with Gasteiger partial charge in [0.25, 0.3) is 0 Å². The minimum atomic E-state index is -2.93. The highest BCUT2D eigenvalue weighted by molar-refractivity contribution is 8.13. The van der Waals surface area contributed by atoms with Crippen LogP contribution in [0.15, 0.2) is 0 Å². The molecular formula is C58H119NO4SSi. The molecule has 0 aromatic heterocycles. The van der Waals surface area contributed by atoms with Gasteiger partial charge in [0.05, 0.1) is 6.61 Å². The average Bonchev–Trinajstić information content (AvgIpc) is 3.31. The largest absolute Gasteiger partial charge is 0.501 e. The summed E-state index contributed by atoms with van der Waals surface area (Å²) in [6.07, 6.45) is 60.4. The quantitative estimate of drug-likeness (QED) is 0.0484. The van der Waals surface area contributed by atoms with E-state index < -0.39 is 8.80 Å². The first-order valence-electron chi connectivity index (χ1n) is 29.8. The molecule has 0 heterocycles. The molecule has 0 radical (unpaired) electrons. The summed E-state index contributed by atoms with van der Waals surface area (Å²) >= 11 is 1.54. The van der Waals surface area contributed by atoms with Gasteiger partial charge in [-0.25, -0.2) is 0 Å². The molecule has 0 saturated heterocycles. The van der Waals surface area contributed by atoms with Gasteiger partial charge in [0.15, 0.2) is 5.12 Å². The van der Waals surface area contributed by atoms with Gasteiger partial charge in [-0.05, 0) is 39.2 Å². The van der Waals surface area contributed by atoms with Gasteiger partial charge >= 0.3 is 8.80 Å². The Bertz CT molecular complexity index is 889. The number of hydrogen-bond donors (Lipinski definition) is 1. The van der Waals surface area contributed by atoms with E-state index in [9.17, 15) is 4.79 Å². The first-order valence-corrected chi connectivity index (χ1v) is 32.7. The van der Waals surface area contributed by atoms with Crippen molar-refractivity contribution < 1.29 is 18.1 Å². The van der Waals surface area contributed by atoms with Gasteiger partial charge < -0.3 is 18.6 Å². The Morgan fingerprint density at radius 3 is 1.05 bits per heavy atom. The topological polar surface area (TPSA) is 56.8 Å². The van der Waals surface area contributed by atoms with E-state index in [4.69, 9.17) is 13.3 Å². The maximum absolute atomic E-state index is 12.9. The number of thioether (sulfide) groups is 1. The van der Waals surface area contributed by atoms with Gasteiger partial charge in [0.2, 0.25) is 0 Å². The summed E-state index contributed by atoms with van der Waals surface area (Å²) in [5.74, 6) is 0.839. The Kier molecular flexibility index (Phi) is 55.1. The Balaban J connectivity index is 4.99. The van der Waals surface area contributed by atoms with Crippen molar-refractivity contribution in [2.24, 2.45) is 0 Å². The van der Waals surface area contributed by atoms with Crippen LogP contribution in [0.3, 0.4) is 0 Å². The lowest BCUT2D eigenvalue weighted by molar-refractivity contribution is -0.111. The van der Waals surface area contributed by atoms with E-state index in [0.717, 1.165) is 57.1 Å². The number of likely N-dealkylation sites (N-methyl/N-ethyl adjacent to an activating group) is 1. The van der Waals surface area contributed by atoms with Crippen LogP contribution >= 0.6 is 11.8 Å². The van der Waals surface area contributed by atoms with Gasteiger partial charge in [-0.3, -0.25) is 4.79 Å². The van der Waals surface area contributed by atoms with Crippen LogP contribution < -0.4 is 5.32 Å². The predicted molar refractivity (Wildman–Crippen MR) is 294 cm³/mol. The molecular weight excluding hydrogens is 835 g/mol. The average molecular weight is 955 g/mol. The molecule has 1 N–H and O–H groups in total. The second-order valence-electron chi connectivity index (χ2n) is 20.3. The van der Waals surface area contributed by atoms with Crippen LogP contribution in [0.4, 0.5) is 0 Å². The molecule has 0 aliphatic heterocycles. The molecule has 0 spiro atoms. The molecule has 0 fully saturated rings. The molecule has 0 saturated carbocycles. The lowest BCUT2D eigenvalue weighted by atomic mass is 10.0. The third-order valence-corrected chi connectivity index (χ3v) is 17.7. The summed E-state index contributed by atoms with van der Waals surface area (Å²) in [4.78, 5) is 12.9. The molecule has 0 aliphatic rings. The molecule has 7 heteroatoms. The first kappa shape index (κ1) is 65.1. The molecule has 0 amide bonds. The monoisotopic (exact) mass is 954 g/mol. The molecule has 0 aromatic rings. The highest BCUT2D eigenvalue weighted by atomic mass is 32.2. The van der Waals surface area contributed by atoms with Crippen molar-refractivity contribution >= 4 is 25.7 Å². The Morgan fingerprint density at radius 1 is 0.400 bits per heavy atom. The van der Waals surface area contributed by atoms with Crippen LogP contribution in [0.2, 0.25) is 6.04 Å². The number of unbranched alkanes of at least 4 members (excludes halogenated alkanes) is 39. The van der Waals surface area contributed by atoms with E-state index in [1.54, 1.807) is 11.8 Å². The highest BCUT2D eigenvalue weighted by Crippen LogP contribution is 2.25. The smallest absolute Gasteiger partial charge is 0.373 e. The fourth-order valence-corrected chi connectivity index (χ4v) is 12.9. The van der Waals surface area contributed by atoms with E-state index in [1.165, 1.54) is 257 Å². The van der Waals surface area contributed by atoms with Crippen molar-refractivity contribution in [3.63, 3.8) is 0 Å². The number of hydrogen-bond acceptors (Lipinski definition) is 6. The molecule has 390 valence electrons. The molecule has 0 rings (SSSR count). The second kappa shape index (κ2) is 55.0. The van der Waals surface area contributed by atoms with Crippen molar-refractivity contribution in [2.75, 3.05) is 32.6 Å². The minimum Gasteiger partial charge on any atom is -0.373 e. The van der Waals surface area contributed by atoms with Gasteiger partial charge in [-0.2, -0.15) is 0 Å². The summed E-state index contributed by atoms with van der Waals surface area (Å²) in [6.45, 7) is 11.3. The van der Waals surface area contributed by atoms with Crippen LogP contribution in [0.5, 0.6) is 0 Å². The Hall–Kier alpha value is 0.0769. The summed E-state index contributed by atoms with van der Waals surface area (Å²) in [5, 5.41) is 3.97. The predicted octanol–water partition coefficient (Wildman–Crippen LogP) is 19.8. The van der Waals surface area contributed by atoms with Crippen LogP contribution in [-0.4, -0.2) is 52.6 Å². The normalized spacial score (nSPS) is 12.4. The molecule has 1 unspecified atom stereocenters. The van der Waals surface area contributed by atoms with Gasteiger partial charge in [0.1, 0.15) is 0 Å². The summed E-state index contributed by atoms with van der Waals surface area (Å²) in [6, 6.07) is 1.13. The van der Waals surface area contributed by atoms with E-state index in [0.29, 0.717) is 24.2 Å². The zero-order chi connectivity index (χ0) is 47.3. The van der Waals surface area contributed by atoms with Crippen molar-refractivity contribution in [1.82, 2.24) is 5.32 Å². The van der Waals surface area contributed by atoms with Crippen LogP contribution in [0.25, 0.3) is 0 Å². The van der Waals surface area contributed by atoms with E-state index >= 15 is 0 Å².